The maximum atomic E-state index is 9.08. The van der Waals surface area contributed by atoms with Crippen molar-refractivity contribution in [1.29, 1.82) is 5.26 Å². The fourth-order valence-corrected chi connectivity index (χ4v) is 2.93. The summed E-state index contributed by atoms with van der Waals surface area (Å²) in [4.78, 5) is 3.15. The molecule has 0 atom stereocenters. The van der Waals surface area contributed by atoms with Crippen molar-refractivity contribution in [3.63, 3.8) is 0 Å². The lowest BCUT2D eigenvalue weighted by molar-refractivity contribution is 0.414. The molecule has 1 heterocycles. The smallest absolute Gasteiger partial charge is 0.182 e. The lowest BCUT2D eigenvalue weighted by Gasteiger charge is -2.09. The topological polar surface area (TPSA) is 53.7 Å². The number of fused-ring (bicyclic) bond motifs is 1. The minimum absolute atomic E-state index is 0.564. The first-order valence-electron chi connectivity index (χ1n) is 6.13. The molecular formula is C15H10BrN3OS. The van der Waals surface area contributed by atoms with Crippen LogP contribution in [0.4, 0.5) is 0 Å². The Morgan fingerprint density at radius 1 is 1.29 bits per heavy atom. The summed E-state index contributed by atoms with van der Waals surface area (Å²) in [6, 6.07) is 13.2. The second kappa shape index (κ2) is 5.35. The largest absolute Gasteiger partial charge is 0.497 e. The number of imidazole rings is 1. The SMILES string of the molecule is COc1ccc(Br)c(-n2c(=S)[nH]c3ccc(C#N)cc32)c1. The summed E-state index contributed by atoms with van der Waals surface area (Å²) in [5, 5.41) is 9.08. The number of halogens is 1. The number of nitrogens with one attached hydrogen (secondary N) is 1. The number of aromatic amines is 1. The minimum atomic E-state index is 0.564. The summed E-state index contributed by atoms with van der Waals surface area (Å²) in [6.45, 7) is 0. The molecule has 3 rings (SSSR count). The average Bonchev–Trinajstić information content (AvgIpc) is 2.82. The Morgan fingerprint density at radius 2 is 2.10 bits per heavy atom. The molecule has 1 aromatic heterocycles. The summed E-state index contributed by atoms with van der Waals surface area (Å²) in [5.74, 6) is 0.737. The Hall–Kier alpha value is -2.10. The molecule has 21 heavy (non-hydrogen) atoms. The fraction of sp³-hybridized carbons (Fsp3) is 0.0667. The first kappa shape index (κ1) is 13.9. The number of nitriles is 1. The number of nitrogens with zero attached hydrogens (tertiary/aromatic N) is 2. The van der Waals surface area contributed by atoms with Gasteiger partial charge >= 0.3 is 0 Å². The van der Waals surface area contributed by atoms with Gasteiger partial charge in [0.15, 0.2) is 4.77 Å². The van der Waals surface area contributed by atoms with Gasteiger partial charge in [0.05, 0.1) is 35.5 Å². The van der Waals surface area contributed by atoms with Crippen LogP contribution in [0.15, 0.2) is 40.9 Å². The number of rotatable bonds is 2. The molecule has 1 N–H and O–H groups in total. The zero-order valence-electron chi connectivity index (χ0n) is 11.1. The second-order valence-corrected chi connectivity index (χ2v) is 5.67. The highest BCUT2D eigenvalue weighted by Crippen LogP contribution is 2.29. The lowest BCUT2D eigenvalue weighted by Crippen LogP contribution is -1.96. The number of ether oxygens (including phenoxy) is 1. The van der Waals surface area contributed by atoms with Crippen LogP contribution in [0.25, 0.3) is 16.7 Å². The summed E-state index contributed by atoms with van der Waals surface area (Å²) >= 11 is 8.95. The molecule has 3 aromatic rings. The molecule has 0 unspecified atom stereocenters. The molecule has 0 bridgehead atoms. The fourth-order valence-electron chi connectivity index (χ4n) is 2.20. The van der Waals surface area contributed by atoms with Gasteiger partial charge in [0.2, 0.25) is 0 Å². The summed E-state index contributed by atoms with van der Waals surface area (Å²) < 4.78 is 8.62. The van der Waals surface area contributed by atoms with E-state index < -0.39 is 0 Å². The van der Waals surface area contributed by atoms with E-state index in [1.54, 1.807) is 13.2 Å². The molecule has 0 aliphatic carbocycles. The molecule has 0 spiro atoms. The summed E-state index contributed by atoms with van der Waals surface area (Å²) in [7, 11) is 1.62. The highest BCUT2D eigenvalue weighted by Gasteiger charge is 2.11. The van der Waals surface area contributed by atoms with Gasteiger partial charge in [-0.1, -0.05) is 0 Å². The number of hydrogen-bond donors (Lipinski definition) is 1. The van der Waals surface area contributed by atoms with Gasteiger partial charge in [0, 0.05) is 10.5 Å². The molecule has 2 aromatic carbocycles. The number of benzene rings is 2. The van der Waals surface area contributed by atoms with E-state index in [0.717, 1.165) is 26.9 Å². The van der Waals surface area contributed by atoms with E-state index in [0.29, 0.717) is 10.3 Å². The Bertz CT molecular complexity index is 936. The second-order valence-electron chi connectivity index (χ2n) is 4.43. The Labute approximate surface area is 134 Å². The van der Waals surface area contributed by atoms with Crippen LogP contribution < -0.4 is 4.74 Å². The van der Waals surface area contributed by atoms with Crippen molar-refractivity contribution >= 4 is 39.2 Å². The van der Waals surface area contributed by atoms with E-state index in [1.807, 2.05) is 34.9 Å². The first-order chi connectivity index (χ1) is 10.1. The molecule has 4 nitrogen and oxygen atoms in total. The van der Waals surface area contributed by atoms with Crippen LogP contribution in [0.3, 0.4) is 0 Å². The highest BCUT2D eigenvalue weighted by atomic mass is 79.9. The standard InChI is InChI=1S/C15H10BrN3OS/c1-20-10-3-4-11(16)13(7-10)19-14-6-9(8-17)2-5-12(14)18-15(19)21/h2-7H,1H3,(H,18,21). The van der Waals surface area contributed by atoms with Gasteiger partial charge in [-0.15, -0.1) is 0 Å². The van der Waals surface area contributed by atoms with Crippen molar-refractivity contribution in [2.45, 2.75) is 0 Å². The molecule has 0 aliphatic rings. The third-order valence-corrected chi connectivity index (χ3v) is 4.16. The quantitative estimate of drug-likeness (QED) is 0.692. The normalized spacial score (nSPS) is 10.5. The lowest BCUT2D eigenvalue weighted by atomic mass is 10.2. The third-order valence-electron chi connectivity index (χ3n) is 3.21. The predicted octanol–water partition coefficient (Wildman–Crippen LogP) is 4.33. The van der Waals surface area contributed by atoms with Gasteiger partial charge in [0.25, 0.3) is 0 Å². The summed E-state index contributed by atoms with van der Waals surface area (Å²) in [5.41, 5.74) is 3.19. The maximum absolute atomic E-state index is 9.08. The zero-order valence-corrected chi connectivity index (χ0v) is 13.5. The predicted molar refractivity (Wildman–Crippen MR) is 87.4 cm³/mol. The molecule has 0 saturated heterocycles. The molecule has 0 fully saturated rings. The summed E-state index contributed by atoms with van der Waals surface area (Å²) in [6.07, 6.45) is 0. The number of methoxy groups -OCH3 is 1. The Kier molecular flexibility index (Phi) is 3.53. The van der Waals surface area contributed by atoms with E-state index in [2.05, 4.69) is 27.0 Å². The van der Waals surface area contributed by atoms with Crippen molar-refractivity contribution in [3.8, 4) is 17.5 Å². The first-order valence-corrected chi connectivity index (χ1v) is 7.33. The van der Waals surface area contributed by atoms with Crippen LogP contribution >= 0.6 is 28.1 Å². The van der Waals surface area contributed by atoms with Crippen LogP contribution in [0.5, 0.6) is 5.75 Å². The molecule has 104 valence electrons. The van der Waals surface area contributed by atoms with Crippen LogP contribution in [-0.4, -0.2) is 16.7 Å². The van der Waals surface area contributed by atoms with Crippen molar-refractivity contribution in [2.24, 2.45) is 0 Å². The minimum Gasteiger partial charge on any atom is -0.497 e. The van der Waals surface area contributed by atoms with Gasteiger partial charge in [-0.2, -0.15) is 5.26 Å². The molecule has 6 heteroatoms. The molecule has 0 saturated carbocycles. The van der Waals surface area contributed by atoms with E-state index >= 15 is 0 Å². The van der Waals surface area contributed by atoms with Gasteiger partial charge in [0.1, 0.15) is 5.75 Å². The van der Waals surface area contributed by atoms with Crippen molar-refractivity contribution < 1.29 is 4.74 Å². The van der Waals surface area contributed by atoms with E-state index in [4.69, 9.17) is 22.2 Å². The van der Waals surface area contributed by atoms with Gasteiger partial charge in [-0.25, -0.2) is 0 Å². The maximum Gasteiger partial charge on any atom is 0.182 e. The van der Waals surface area contributed by atoms with E-state index in [9.17, 15) is 0 Å². The van der Waals surface area contributed by atoms with Crippen LogP contribution in [0, 0.1) is 16.1 Å². The number of aromatic nitrogens is 2. The van der Waals surface area contributed by atoms with E-state index in [1.165, 1.54) is 0 Å². The average molecular weight is 360 g/mol. The third kappa shape index (κ3) is 2.35. The van der Waals surface area contributed by atoms with Gasteiger partial charge in [-0.3, -0.25) is 4.57 Å². The van der Waals surface area contributed by atoms with Crippen LogP contribution in [0.1, 0.15) is 5.56 Å². The molecular weight excluding hydrogens is 350 g/mol. The molecule has 0 aliphatic heterocycles. The molecule has 0 radical (unpaired) electrons. The van der Waals surface area contributed by atoms with Crippen molar-refractivity contribution in [1.82, 2.24) is 9.55 Å². The van der Waals surface area contributed by atoms with Gasteiger partial charge in [-0.05, 0) is 58.5 Å². The number of hydrogen-bond acceptors (Lipinski definition) is 3. The number of H-pyrrole nitrogens is 1. The van der Waals surface area contributed by atoms with Crippen LogP contribution in [0.2, 0.25) is 0 Å². The monoisotopic (exact) mass is 359 g/mol. The van der Waals surface area contributed by atoms with Crippen LogP contribution in [-0.2, 0) is 0 Å². The van der Waals surface area contributed by atoms with Crippen molar-refractivity contribution in [2.75, 3.05) is 7.11 Å². The Balaban J connectivity index is 2.37. The Morgan fingerprint density at radius 3 is 2.81 bits per heavy atom. The van der Waals surface area contributed by atoms with E-state index in [-0.39, 0.29) is 0 Å². The zero-order chi connectivity index (χ0) is 15.0. The highest BCUT2D eigenvalue weighted by molar-refractivity contribution is 9.10. The van der Waals surface area contributed by atoms with Gasteiger partial charge < -0.3 is 9.72 Å². The van der Waals surface area contributed by atoms with Crippen molar-refractivity contribution in [3.05, 3.63) is 51.2 Å². The molecule has 0 amide bonds.